The van der Waals surface area contributed by atoms with Gasteiger partial charge in [-0.1, -0.05) is 12.1 Å². The van der Waals surface area contributed by atoms with Crippen LogP contribution in [0.15, 0.2) is 42.7 Å². The first-order valence-electron chi connectivity index (χ1n) is 8.98. The van der Waals surface area contributed by atoms with Crippen LogP contribution in [-0.2, 0) is 4.79 Å². The van der Waals surface area contributed by atoms with Crippen LogP contribution in [0.2, 0.25) is 0 Å². The van der Waals surface area contributed by atoms with E-state index in [2.05, 4.69) is 25.4 Å². The van der Waals surface area contributed by atoms with E-state index < -0.39 is 6.04 Å². The van der Waals surface area contributed by atoms with E-state index in [0.717, 1.165) is 0 Å². The maximum Gasteiger partial charge on any atom is 0.249 e. The zero-order valence-corrected chi connectivity index (χ0v) is 15.3. The van der Waals surface area contributed by atoms with Crippen molar-refractivity contribution in [2.24, 2.45) is 0 Å². The summed E-state index contributed by atoms with van der Waals surface area (Å²) in [6.45, 7) is 4.16. The van der Waals surface area contributed by atoms with E-state index in [1.165, 1.54) is 16.9 Å². The van der Waals surface area contributed by atoms with Crippen LogP contribution >= 0.6 is 0 Å². The molecule has 1 unspecified atom stereocenters. The number of tetrazole rings is 1. The van der Waals surface area contributed by atoms with Gasteiger partial charge in [-0.2, -0.15) is 4.80 Å². The summed E-state index contributed by atoms with van der Waals surface area (Å²) in [7, 11) is 0. The van der Waals surface area contributed by atoms with Crippen molar-refractivity contribution in [3.05, 3.63) is 48.5 Å². The second-order valence-electron chi connectivity index (χ2n) is 6.48. The van der Waals surface area contributed by atoms with Gasteiger partial charge in [0.25, 0.3) is 0 Å². The van der Waals surface area contributed by atoms with Crippen LogP contribution in [0.3, 0.4) is 0 Å². The first-order valence-corrected chi connectivity index (χ1v) is 8.98. The summed E-state index contributed by atoms with van der Waals surface area (Å²) in [5.74, 6) is 0.487. The van der Waals surface area contributed by atoms with Crippen LogP contribution in [0.4, 0.5) is 10.3 Å². The Labute approximate surface area is 160 Å². The molecular formula is C18H19FN8O. The summed E-state index contributed by atoms with van der Waals surface area (Å²) in [5.41, 5.74) is 0.516. The van der Waals surface area contributed by atoms with Gasteiger partial charge in [0.2, 0.25) is 17.7 Å². The number of hydrogen-bond acceptors (Lipinski definition) is 7. The van der Waals surface area contributed by atoms with E-state index in [1.54, 1.807) is 42.4 Å². The Morgan fingerprint density at radius 3 is 2.57 bits per heavy atom. The Morgan fingerprint density at radius 1 is 1.11 bits per heavy atom. The average Bonchev–Trinajstić information content (AvgIpc) is 3.24. The fourth-order valence-corrected chi connectivity index (χ4v) is 3.08. The van der Waals surface area contributed by atoms with Gasteiger partial charge in [-0.25, -0.2) is 14.4 Å². The minimum absolute atomic E-state index is 0.0863. The lowest BCUT2D eigenvalue weighted by Gasteiger charge is -2.35. The Kier molecular flexibility index (Phi) is 4.92. The number of benzene rings is 1. The van der Waals surface area contributed by atoms with Gasteiger partial charge in [-0.05, 0) is 30.3 Å². The van der Waals surface area contributed by atoms with E-state index in [1.807, 2.05) is 4.90 Å². The molecule has 9 nitrogen and oxygen atoms in total. The largest absolute Gasteiger partial charge is 0.337 e. The fraction of sp³-hybridized carbons (Fsp3) is 0.333. The lowest BCUT2D eigenvalue weighted by Crippen LogP contribution is -2.51. The molecule has 2 aromatic heterocycles. The van der Waals surface area contributed by atoms with Gasteiger partial charge in [0.15, 0.2) is 0 Å². The number of halogens is 1. The number of rotatable bonds is 4. The predicted molar refractivity (Wildman–Crippen MR) is 98.7 cm³/mol. The molecular weight excluding hydrogens is 363 g/mol. The van der Waals surface area contributed by atoms with Crippen molar-refractivity contribution in [1.29, 1.82) is 0 Å². The highest BCUT2D eigenvalue weighted by molar-refractivity contribution is 5.80. The normalized spacial score (nSPS) is 15.5. The molecule has 0 spiro atoms. The molecule has 1 amide bonds. The second-order valence-corrected chi connectivity index (χ2v) is 6.48. The summed E-state index contributed by atoms with van der Waals surface area (Å²) >= 11 is 0. The molecule has 1 aliphatic rings. The van der Waals surface area contributed by atoms with Crippen molar-refractivity contribution in [2.75, 3.05) is 31.1 Å². The Balaban J connectivity index is 1.40. The third kappa shape index (κ3) is 3.66. The van der Waals surface area contributed by atoms with Crippen molar-refractivity contribution < 1.29 is 9.18 Å². The molecule has 0 saturated carbocycles. The van der Waals surface area contributed by atoms with E-state index in [4.69, 9.17) is 0 Å². The molecule has 0 bridgehead atoms. The number of carbonyl (C=O) groups is 1. The number of anilines is 1. The van der Waals surface area contributed by atoms with Crippen molar-refractivity contribution >= 4 is 11.9 Å². The summed E-state index contributed by atoms with van der Waals surface area (Å²) < 4.78 is 13.4. The maximum atomic E-state index is 13.4. The van der Waals surface area contributed by atoms with E-state index >= 15 is 0 Å². The smallest absolute Gasteiger partial charge is 0.249 e. The van der Waals surface area contributed by atoms with Gasteiger partial charge >= 0.3 is 0 Å². The van der Waals surface area contributed by atoms with Crippen LogP contribution in [0.25, 0.3) is 11.4 Å². The molecule has 10 heteroatoms. The number of aromatic nitrogens is 6. The third-order valence-corrected chi connectivity index (χ3v) is 4.64. The molecule has 3 aromatic rings. The lowest BCUT2D eigenvalue weighted by atomic mass is 10.2. The van der Waals surface area contributed by atoms with Crippen LogP contribution in [0.1, 0.15) is 13.0 Å². The Bertz CT molecular complexity index is 955. The first kappa shape index (κ1) is 18.0. The lowest BCUT2D eigenvalue weighted by molar-refractivity contribution is -0.135. The second kappa shape index (κ2) is 7.67. The molecule has 144 valence electrons. The molecule has 1 aliphatic heterocycles. The van der Waals surface area contributed by atoms with E-state index in [9.17, 15) is 9.18 Å². The Morgan fingerprint density at radius 2 is 1.86 bits per heavy atom. The van der Waals surface area contributed by atoms with Crippen LogP contribution < -0.4 is 4.90 Å². The van der Waals surface area contributed by atoms with Crippen molar-refractivity contribution in [2.45, 2.75) is 13.0 Å². The first-order chi connectivity index (χ1) is 13.6. The molecule has 0 radical (unpaired) electrons. The molecule has 3 heterocycles. The summed E-state index contributed by atoms with van der Waals surface area (Å²) in [5, 5.41) is 12.2. The van der Waals surface area contributed by atoms with Gasteiger partial charge in [-0.15, -0.1) is 10.2 Å². The fourth-order valence-electron chi connectivity index (χ4n) is 3.08. The topological polar surface area (TPSA) is 92.9 Å². The molecule has 1 atom stereocenters. The molecule has 0 aliphatic carbocycles. The SMILES string of the molecule is CC(C(=O)N1CCN(c2ncccn2)CC1)n1nnc(-c2cccc(F)c2)n1. The Hall–Kier alpha value is -3.43. The molecule has 1 saturated heterocycles. The number of piperazine rings is 1. The minimum Gasteiger partial charge on any atom is -0.337 e. The minimum atomic E-state index is -0.602. The van der Waals surface area contributed by atoms with Gasteiger partial charge in [-0.3, -0.25) is 4.79 Å². The van der Waals surface area contributed by atoms with Crippen LogP contribution in [0, 0.1) is 5.82 Å². The highest BCUT2D eigenvalue weighted by Crippen LogP contribution is 2.17. The highest BCUT2D eigenvalue weighted by atomic mass is 19.1. The van der Waals surface area contributed by atoms with Gasteiger partial charge in [0.1, 0.15) is 11.9 Å². The number of carbonyl (C=O) groups excluding carboxylic acids is 1. The molecule has 28 heavy (non-hydrogen) atoms. The highest BCUT2D eigenvalue weighted by Gasteiger charge is 2.28. The standard InChI is InChI=1S/C18H19FN8O/c1-13(27-23-16(22-24-27)14-4-2-5-15(19)12-14)17(28)25-8-10-26(11-9-25)18-20-6-3-7-21-18/h2-7,12-13H,8-11H2,1H3. The average molecular weight is 382 g/mol. The zero-order chi connectivity index (χ0) is 19.5. The predicted octanol–water partition coefficient (Wildman–Crippen LogP) is 1.18. The summed E-state index contributed by atoms with van der Waals surface area (Å²) in [4.78, 5) is 26.4. The van der Waals surface area contributed by atoms with Gasteiger partial charge in [0, 0.05) is 44.1 Å². The van der Waals surface area contributed by atoms with Crippen molar-refractivity contribution in [3.8, 4) is 11.4 Å². The number of hydrogen-bond donors (Lipinski definition) is 0. The van der Waals surface area contributed by atoms with Crippen molar-refractivity contribution in [3.63, 3.8) is 0 Å². The molecule has 4 rings (SSSR count). The molecule has 1 aromatic carbocycles. The third-order valence-electron chi connectivity index (χ3n) is 4.64. The van der Waals surface area contributed by atoms with Crippen molar-refractivity contribution in [1.82, 2.24) is 35.1 Å². The van der Waals surface area contributed by atoms with Crippen LogP contribution in [-0.4, -0.2) is 67.2 Å². The van der Waals surface area contributed by atoms with E-state index in [0.29, 0.717) is 37.7 Å². The zero-order valence-electron chi connectivity index (χ0n) is 15.3. The van der Waals surface area contributed by atoms with E-state index in [-0.39, 0.29) is 17.5 Å². The monoisotopic (exact) mass is 382 g/mol. The summed E-state index contributed by atoms with van der Waals surface area (Å²) in [6.07, 6.45) is 3.41. The van der Waals surface area contributed by atoms with Gasteiger partial charge in [0.05, 0.1) is 0 Å². The number of nitrogens with zero attached hydrogens (tertiary/aromatic N) is 8. The number of amides is 1. The molecule has 0 N–H and O–H groups in total. The summed E-state index contributed by atoms with van der Waals surface area (Å²) in [6, 6.07) is 7.12. The quantitative estimate of drug-likeness (QED) is 0.669. The maximum absolute atomic E-state index is 13.4. The van der Waals surface area contributed by atoms with Gasteiger partial charge < -0.3 is 9.80 Å². The molecule has 1 fully saturated rings. The van der Waals surface area contributed by atoms with Crippen LogP contribution in [0.5, 0.6) is 0 Å².